The molecule has 2 amide bonds. The molecular weight excluding hydrogens is 242 g/mol. The number of allylic oxidation sites excluding steroid dienone is 1. The Hall–Kier alpha value is -1.36. The molecule has 5 nitrogen and oxygen atoms in total. The molecule has 1 aliphatic rings. The van der Waals surface area contributed by atoms with E-state index in [-0.39, 0.29) is 11.8 Å². The zero-order valence-electron chi connectivity index (χ0n) is 12.3. The van der Waals surface area contributed by atoms with Crippen LogP contribution in [0.5, 0.6) is 0 Å². The van der Waals surface area contributed by atoms with Crippen molar-refractivity contribution in [1.29, 1.82) is 0 Å². The molecule has 0 aliphatic carbocycles. The lowest BCUT2D eigenvalue weighted by Gasteiger charge is -2.22. The first-order chi connectivity index (χ1) is 9.04. The van der Waals surface area contributed by atoms with Gasteiger partial charge < -0.3 is 9.80 Å². The molecule has 0 aromatic heterocycles. The summed E-state index contributed by atoms with van der Waals surface area (Å²) in [6, 6.07) is 0. The molecule has 0 atom stereocenters. The van der Waals surface area contributed by atoms with Crippen LogP contribution < -0.4 is 0 Å². The van der Waals surface area contributed by atoms with Crippen molar-refractivity contribution >= 4 is 11.8 Å². The minimum Gasteiger partial charge on any atom is -0.348 e. The number of amides is 2. The van der Waals surface area contributed by atoms with Crippen molar-refractivity contribution in [2.75, 3.05) is 46.8 Å². The third-order valence-electron chi connectivity index (χ3n) is 3.33. The number of likely N-dealkylation sites (N-methyl/N-ethyl adjacent to an activating group) is 1. The minimum atomic E-state index is 0.119. The van der Waals surface area contributed by atoms with Gasteiger partial charge in [0, 0.05) is 46.7 Å². The number of hydrogen-bond acceptors (Lipinski definition) is 3. The molecule has 0 saturated carbocycles. The molecule has 0 spiro atoms. The van der Waals surface area contributed by atoms with Gasteiger partial charge in [0.2, 0.25) is 11.8 Å². The highest BCUT2D eigenvalue weighted by Crippen LogP contribution is 2.05. The Morgan fingerprint density at radius 3 is 2.53 bits per heavy atom. The van der Waals surface area contributed by atoms with E-state index in [1.807, 2.05) is 24.0 Å². The molecular formula is C14H25N3O2. The summed E-state index contributed by atoms with van der Waals surface area (Å²) in [7, 11) is 3.54. The van der Waals surface area contributed by atoms with Crippen LogP contribution in [0.2, 0.25) is 0 Å². The highest BCUT2D eigenvalue weighted by Gasteiger charge is 2.20. The van der Waals surface area contributed by atoms with Crippen molar-refractivity contribution in [1.82, 2.24) is 14.7 Å². The Morgan fingerprint density at radius 2 is 1.89 bits per heavy atom. The van der Waals surface area contributed by atoms with E-state index in [1.165, 1.54) is 0 Å². The fourth-order valence-corrected chi connectivity index (χ4v) is 2.06. The van der Waals surface area contributed by atoms with Gasteiger partial charge in [-0.15, -0.1) is 0 Å². The van der Waals surface area contributed by atoms with Crippen molar-refractivity contribution in [2.45, 2.75) is 19.8 Å². The van der Waals surface area contributed by atoms with Gasteiger partial charge in [0.05, 0.1) is 6.54 Å². The maximum Gasteiger partial charge on any atom is 0.236 e. The Kier molecular flexibility index (Phi) is 6.56. The zero-order valence-corrected chi connectivity index (χ0v) is 12.3. The smallest absolute Gasteiger partial charge is 0.236 e. The van der Waals surface area contributed by atoms with Crippen LogP contribution in [0.1, 0.15) is 19.8 Å². The summed E-state index contributed by atoms with van der Waals surface area (Å²) < 4.78 is 0. The molecule has 0 bridgehead atoms. The van der Waals surface area contributed by atoms with Gasteiger partial charge in [-0.1, -0.05) is 12.2 Å². The molecule has 0 N–H and O–H groups in total. The molecule has 1 saturated heterocycles. The lowest BCUT2D eigenvalue weighted by molar-refractivity contribution is -0.130. The van der Waals surface area contributed by atoms with Crippen molar-refractivity contribution in [3.63, 3.8) is 0 Å². The number of carbonyl (C=O) groups is 2. The first-order valence-electron chi connectivity index (χ1n) is 6.86. The normalized spacial score (nSPS) is 17.5. The van der Waals surface area contributed by atoms with E-state index in [0.717, 1.165) is 32.6 Å². The topological polar surface area (TPSA) is 43.9 Å². The Morgan fingerprint density at radius 1 is 1.16 bits per heavy atom. The summed E-state index contributed by atoms with van der Waals surface area (Å²) in [5, 5.41) is 0. The molecule has 1 fully saturated rings. The summed E-state index contributed by atoms with van der Waals surface area (Å²) in [4.78, 5) is 29.2. The average molecular weight is 267 g/mol. The number of hydrogen-bond donors (Lipinski definition) is 0. The fraction of sp³-hybridized carbons (Fsp3) is 0.714. The Bertz CT molecular complexity index is 340. The van der Waals surface area contributed by atoms with Crippen LogP contribution in [0.4, 0.5) is 0 Å². The van der Waals surface area contributed by atoms with Crippen LogP contribution in [0.3, 0.4) is 0 Å². The molecule has 5 heteroatoms. The Labute approximate surface area is 115 Å². The fourth-order valence-electron chi connectivity index (χ4n) is 2.06. The van der Waals surface area contributed by atoms with Crippen LogP contribution >= 0.6 is 0 Å². The predicted octanol–water partition coefficient (Wildman–Crippen LogP) is 0.575. The maximum atomic E-state index is 11.9. The predicted molar refractivity (Wildman–Crippen MR) is 75.8 cm³/mol. The molecule has 1 aliphatic heterocycles. The average Bonchev–Trinajstić information content (AvgIpc) is 2.61. The van der Waals surface area contributed by atoms with Crippen LogP contribution in [-0.4, -0.2) is 73.3 Å². The molecule has 0 aromatic rings. The van der Waals surface area contributed by atoms with Crippen LogP contribution in [0, 0.1) is 0 Å². The van der Waals surface area contributed by atoms with E-state index < -0.39 is 0 Å². The van der Waals surface area contributed by atoms with E-state index >= 15 is 0 Å². The van der Waals surface area contributed by atoms with Crippen LogP contribution in [0.15, 0.2) is 12.2 Å². The molecule has 0 unspecified atom stereocenters. The van der Waals surface area contributed by atoms with Gasteiger partial charge in [0.15, 0.2) is 0 Å². The van der Waals surface area contributed by atoms with E-state index in [2.05, 4.69) is 4.90 Å². The van der Waals surface area contributed by atoms with E-state index in [0.29, 0.717) is 13.0 Å². The van der Waals surface area contributed by atoms with Gasteiger partial charge in [0.25, 0.3) is 0 Å². The number of rotatable bonds is 4. The first kappa shape index (κ1) is 15.7. The van der Waals surface area contributed by atoms with Crippen LogP contribution in [0.25, 0.3) is 0 Å². The molecule has 1 rings (SSSR count). The van der Waals surface area contributed by atoms with E-state index in [1.54, 1.807) is 19.0 Å². The monoisotopic (exact) mass is 267 g/mol. The SMILES string of the molecule is C/C=C/CC(=O)N1CCCN(CC(=O)N(C)C)CC1. The van der Waals surface area contributed by atoms with Gasteiger partial charge in [-0.2, -0.15) is 0 Å². The third kappa shape index (κ3) is 5.42. The highest BCUT2D eigenvalue weighted by molar-refractivity contribution is 5.78. The molecule has 0 aromatic carbocycles. The van der Waals surface area contributed by atoms with Crippen molar-refractivity contribution in [3.8, 4) is 0 Å². The molecule has 1 heterocycles. The second-order valence-corrected chi connectivity index (χ2v) is 5.07. The van der Waals surface area contributed by atoms with Gasteiger partial charge >= 0.3 is 0 Å². The summed E-state index contributed by atoms with van der Waals surface area (Å²) >= 11 is 0. The zero-order chi connectivity index (χ0) is 14.3. The van der Waals surface area contributed by atoms with Gasteiger partial charge in [-0.3, -0.25) is 14.5 Å². The van der Waals surface area contributed by atoms with Crippen LogP contribution in [-0.2, 0) is 9.59 Å². The maximum absolute atomic E-state index is 11.9. The number of nitrogens with zero attached hydrogens (tertiary/aromatic N) is 3. The summed E-state index contributed by atoms with van der Waals surface area (Å²) in [6.45, 7) is 5.54. The van der Waals surface area contributed by atoms with E-state index in [4.69, 9.17) is 0 Å². The summed E-state index contributed by atoms with van der Waals surface area (Å²) in [6.07, 6.45) is 5.20. The third-order valence-corrected chi connectivity index (χ3v) is 3.33. The van der Waals surface area contributed by atoms with Crippen molar-refractivity contribution < 1.29 is 9.59 Å². The lowest BCUT2D eigenvalue weighted by atomic mass is 10.3. The van der Waals surface area contributed by atoms with Crippen molar-refractivity contribution in [2.24, 2.45) is 0 Å². The standard InChI is InChI=1S/C14H25N3O2/c1-4-5-7-13(18)17-9-6-8-16(10-11-17)12-14(19)15(2)3/h4-5H,6-12H2,1-3H3/b5-4+. The van der Waals surface area contributed by atoms with Gasteiger partial charge in [-0.25, -0.2) is 0 Å². The van der Waals surface area contributed by atoms with E-state index in [9.17, 15) is 9.59 Å². The quantitative estimate of drug-likeness (QED) is 0.700. The summed E-state index contributed by atoms with van der Waals surface area (Å²) in [5.41, 5.74) is 0. The van der Waals surface area contributed by atoms with Crippen molar-refractivity contribution in [3.05, 3.63) is 12.2 Å². The lowest BCUT2D eigenvalue weighted by Crippen LogP contribution is -2.39. The second-order valence-electron chi connectivity index (χ2n) is 5.07. The molecule has 0 radical (unpaired) electrons. The number of carbonyl (C=O) groups excluding carboxylic acids is 2. The highest BCUT2D eigenvalue weighted by atomic mass is 16.2. The molecule has 108 valence electrons. The Balaban J connectivity index is 2.43. The van der Waals surface area contributed by atoms with Gasteiger partial charge in [-0.05, 0) is 13.3 Å². The second kappa shape index (κ2) is 7.94. The first-order valence-corrected chi connectivity index (χ1v) is 6.86. The summed E-state index contributed by atoms with van der Waals surface area (Å²) in [5.74, 6) is 0.299. The largest absolute Gasteiger partial charge is 0.348 e. The van der Waals surface area contributed by atoms with Gasteiger partial charge in [0.1, 0.15) is 0 Å². The molecule has 19 heavy (non-hydrogen) atoms. The minimum absolute atomic E-state index is 0.119.